The third-order valence-electron chi connectivity index (χ3n) is 3.81. The van der Waals surface area contributed by atoms with Gasteiger partial charge in [-0.2, -0.15) is 5.10 Å². The van der Waals surface area contributed by atoms with Crippen LogP contribution >= 0.6 is 0 Å². The first-order chi connectivity index (χ1) is 13.7. The smallest absolute Gasteiger partial charge is 0.271 e. The number of rotatable bonds is 8. The molecule has 0 fully saturated rings. The molecule has 6 heteroatoms. The van der Waals surface area contributed by atoms with Gasteiger partial charge in [0.25, 0.3) is 5.91 Å². The van der Waals surface area contributed by atoms with Crippen molar-refractivity contribution in [2.75, 3.05) is 6.61 Å². The topological polar surface area (TPSA) is 72.8 Å². The van der Waals surface area contributed by atoms with Crippen LogP contribution in [0, 0.1) is 0 Å². The Morgan fingerprint density at radius 3 is 2.36 bits per heavy atom. The molecule has 142 valence electrons. The quantitative estimate of drug-likeness (QED) is 0.480. The molecule has 0 atom stereocenters. The maximum Gasteiger partial charge on any atom is 0.271 e. The number of carbonyl (C=O) groups excluding carboxylic acids is 1. The first-order valence-corrected chi connectivity index (χ1v) is 8.93. The minimum Gasteiger partial charge on any atom is -0.494 e. The number of carbonyl (C=O) groups is 1. The lowest BCUT2D eigenvalue weighted by Gasteiger charge is -2.08. The van der Waals surface area contributed by atoms with Crippen LogP contribution in [-0.2, 0) is 6.61 Å². The van der Waals surface area contributed by atoms with Crippen LogP contribution < -0.4 is 14.9 Å². The van der Waals surface area contributed by atoms with Crippen LogP contribution in [0.5, 0.6) is 11.5 Å². The second-order valence-electron chi connectivity index (χ2n) is 5.84. The Hall–Kier alpha value is -3.67. The van der Waals surface area contributed by atoms with Crippen molar-refractivity contribution < 1.29 is 14.3 Å². The van der Waals surface area contributed by atoms with Gasteiger partial charge in [0.2, 0.25) is 0 Å². The molecule has 1 N–H and O–H groups in total. The fraction of sp³-hybridized carbons (Fsp3) is 0.136. The lowest BCUT2D eigenvalue weighted by atomic mass is 10.1. The lowest BCUT2D eigenvalue weighted by molar-refractivity contribution is 0.0955. The number of hydrazone groups is 1. The summed E-state index contributed by atoms with van der Waals surface area (Å²) in [5, 5.41) is 3.91. The summed E-state index contributed by atoms with van der Waals surface area (Å²) in [6, 6.07) is 20.1. The molecule has 2 aromatic carbocycles. The molecule has 0 aliphatic rings. The molecule has 1 heterocycles. The monoisotopic (exact) mass is 375 g/mol. The third kappa shape index (κ3) is 5.67. The summed E-state index contributed by atoms with van der Waals surface area (Å²) in [5.74, 6) is 1.29. The number of amides is 1. The molecule has 0 radical (unpaired) electrons. The van der Waals surface area contributed by atoms with Crippen molar-refractivity contribution in [3.63, 3.8) is 0 Å². The Balaban J connectivity index is 1.50. The van der Waals surface area contributed by atoms with Crippen molar-refractivity contribution in [2.45, 2.75) is 13.5 Å². The van der Waals surface area contributed by atoms with Gasteiger partial charge in [-0.3, -0.25) is 9.78 Å². The van der Waals surface area contributed by atoms with E-state index >= 15 is 0 Å². The molecule has 0 aliphatic carbocycles. The summed E-state index contributed by atoms with van der Waals surface area (Å²) >= 11 is 0. The second kappa shape index (κ2) is 9.87. The first kappa shape index (κ1) is 19.1. The molecule has 0 bridgehead atoms. The van der Waals surface area contributed by atoms with Crippen LogP contribution in [-0.4, -0.2) is 23.7 Å². The molecular weight excluding hydrogens is 354 g/mol. The van der Waals surface area contributed by atoms with E-state index in [2.05, 4.69) is 15.5 Å². The summed E-state index contributed by atoms with van der Waals surface area (Å²) in [6.07, 6.45) is 3.16. The summed E-state index contributed by atoms with van der Waals surface area (Å²) in [6.45, 7) is 2.99. The normalized spacial score (nSPS) is 10.6. The van der Waals surface area contributed by atoms with Crippen LogP contribution in [0.15, 0.2) is 78.0 Å². The van der Waals surface area contributed by atoms with Crippen LogP contribution in [0.3, 0.4) is 0 Å². The van der Waals surface area contributed by atoms with Crippen molar-refractivity contribution >= 4 is 12.1 Å². The number of benzene rings is 2. The molecule has 1 amide bonds. The Labute approximate surface area is 163 Å². The number of nitrogens with zero attached hydrogens (tertiary/aromatic N) is 2. The summed E-state index contributed by atoms with van der Waals surface area (Å²) in [4.78, 5) is 16.2. The zero-order valence-corrected chi connectivity index (χ0v) is 15.5. The minimum absolute atomic E-state index is 0.286. The molecule has 6 nitrogen and oxygen atoms in total. The lowest BCUT2D eigenvalue weighted by Crippen LogP contribution is -2.17. The average Bonchev–Trinajstić information content (AvgIpc) is 2.74. The zero-order valence-electron chi connectivity index (χ0n) is 15.5. The maximum atomic E-state index is 12.1. The fourth-order valence-corrected chi connectivity index (χ4v) is 2.39. The largest absolute Gasteiger partial charge is 0.494 e. The summed E-state index contributed by atoms with van der Waals surface area (Å²) < 4.78 is 11.2. The first-order valence-electron chi connectivity index (χ1n) is 8.93. The summed E-state index contributed by atoms with van der Waals surface area (Å²) in [5.41, 5.74) is 4.64. The van der Waals surface area contributed by atoms with E-state index in [1.54, 1.807) is 24.4 Å². The van der Waals surface area contributed by atoms with Gasteiger partial charge >= 0.3 is 0 Å². The minimum atomic E-state index is -0.286. The number of pyridine rings is 1. The van der Waals surface area contributed by atoms with Crippen LogP contribution in [0.2, 0.25) is 0 Å². The van der Waals surface area contributed by atoms with E-state index in [4.69, 9.17) is 9.47 Å². The van der Waals surface area contributed by atoms with Crippen molar-refractivity contribution in [3.8, 4) is 11.5 Å². The third-order valence-corrected chi connectivity index (χ3v) is 3.81. The van der Waals surface area contributed by atoms with Gasteiger partial charge in [0.05, 0.1) is 18.5 Å². The van der Waals surface area contributed by atoms with Gasteiger partial charge in [-0.05, 0) is 61.0 Å². The van der Waals surface area contributed by atoms with Gasteiger partial charge in [0, 0.05) is 11.8 Å². The Kier molecular flexibility index (Phi) is 6.73. The van der Waals surface area contributed by atoms with Crippen molar-refractivity contribution in [2.24, 2.45) is 5.10 Å². The Morgan fingerprint density at radius 2 is 1.71 bits per heavy atom. The standard InChI is InChI=1S/C22H21N3O3/c1-2-27-20-10-12-21(13-11-20)28-16-17-6-8-18(9-7-17)22(26)25-24-15-19-5-3-4-14-23-19/h3-15H,2,16H2,1H3,(H,25,26)/b24-15-. The Bertz CT molecular complexity index is 908. The van der Waals surface area contributed by atoms with E-state index in [0.29, 0.717) is 24.5 Å². The fourth-order valence-electron chi connectivity index (χ4n) is 2.39. The molecule has 3 aromatic rings. The molecule has 28 heavy (non-hydrogen) atoms. The molecule has 1 aromatic heterocycles. The van der Waals surface area contributed by atoms with Crippen molar-refractivity contribution in [1.82, 2.24) is 10.4 Å². The molecule has 3 rings (SSSR count). The van der Waals surface area contributed by atoms with Crippen molar-refractivity contribution in [3.05, 3.63) is 89.7 Å². The van der Waals surface area contributed by atoms with E-state index in [0.717, 1.165) is 17.1 Å². The van der Waals surface area contributed by atoms with Gasteiger partial charge in [0.1, 0.15) is 18.1 Å². The van der Waals surface area contributed by atoms with E-state index in [1.165, 1.54) is 6.21 Å². The van der Waals surface area contributed by atoms with E-state index < -0.39 is 0 Å². The zero-order chi connectivity index (χ0) is 19.6. The van der Waals surface area contributed by atoms with Gasteiger partial charge in [-0.25, -0.2) is 5.43 Å². The molecule has 0 unspecified atom stereocenters. The van der Waals surface area contributed by atoms with Gasteiger partial charge in [-0.15, -0.1) is 0 Å². The molecule has 0 aliphatic heterocycles. The second-order valence-corrected chi connectivity index (χ2v) is 5.84. The molecule has 0 saturated heterocycles. The number of nitrogens with one attached hydrogen (secondary N) is 1. The van der Waals surface area contributed by atoms with Crippen LogP contribution in [0.1, 0.15) is 28.5 Å². The van der Waals surface area contributed by atoms with Crippen molar-refractivity contribution in [1.29, 1.82) is 0 Å². The Morgan fingerprint density at radius 1 is 1.00 bits per heavy atom. The number of aromatic nitrogens is 1. The molecule has 0 spiro atoms. The summed E-state index contributed by atoms with van der Waals surface area (Å²) in [7, 11) is 0. The number of hydrogen-bond acceptors (Lipinski definition) is 5. The predicted molar refractivity (Wildman–Crippen MR) is 108 cm³/mol. The van der Waals surface area contributed by atoms with Gasteiger partial charge in [-0.1, -0.05) is 18.2 Å². The molecular formula is C22H21N3O3. The van der Waals surface area contributed by atoms with E-state index in [1.807, 2.05) is 55.5 Å². The van der Waals surface area contributed by atoms with E-state index in [9.17, 15) is 4.79 Å². The SMILES string of the molecule is CCOc1ccc(OCc2ccc(C(=O)N/N=C\c3ccccn3)cc2)cc1. The van der Waals surface area contributed by atoms with E-state index in [-0.39, 0.29) is 5.91 Å². The highest BCUT2D eigenvalue weighted by Crippen LogP contribution is 2.18. The highest BCUT2D eigenvalue weighted by atomic mass is 16.5. The number of ether oxygens (including phenoxy) is 2. The highest BCUT2D eigenvalue weighted by molar-refractivity contribution is 5.94. The van der Waals surface area contributed by atoms with Crippen LogP contribution in [0.25, 0.3) is 0 Å². The maximum absolute atomic E-state index is 12.1. The van der Waals surface area contributed by atoms with Gasteiger partial charge < -0.3 is 9.47 Å². The number of hydrogen-bond donors (Lipinski definition) is 1. The molecule has 0 saturated carbocycles. The predicted octanol–water partition coefficient (Wildman–Crippen LogP) is 3.82. The highest BCUT2D eigenvalue weighted by Gasteiger charge is 2.04. The average molecular weight is 375 g/mol. The van der Waals surface area contributed by atoms with Crippen LogP contribution in [0.4, 0.5) is 0 Å². The van der Waals surface area contributed by atoms with Gasteiger partial charge in [0.15, 0.2) is 0 Å².